The van der Waals surface area contributed by atoms with E-state index in [-0.39, 0.29) is 11.6 Å². The van der Waals surface area contributed by atoms with E-state index < -0.39 is 4.92 Å². The van der Waals surface area contributed by atoms with E-state index >= 15 is 0 Å². The van der Waals surface area contributed by atoms with Crippen LogP contribution in [0.4, 0.5) is 11.4 Å². The van der Waals surface area contributed by atoms with Gasteiger partial charge in [-0.05, 0) is 48.5 Å². The zero-order valence-electron chi connectivity index (χ0n) is 14.7. The van der Waals surface area contributed by atoms with Gasteiger partial charge in [0.25, 0.3) is 11.6 Å². The van der Waals surface area contributed by atoms with Crippen LogP contribution in [0.5, 0.6) is 17.2 Å². The van der Waals surface area contributed by atoms with Crippen LogP contribution >= 0.6 is 11.6 Å². The van der Waals surface area contributed by atoms with Crippen molar-refractivity contribution in [3.63, 3.8) is 0 Å². The number of non-ortho nitro benzene ring substituents is 1. The van der Waals surface area contributed by atoms with E-state index in [2.05, 4.69) is 5.32 Å². The van der Waals surface area contributed by atoms with Gasteiger partial charge in [-0.1, -0.05) is 17.7 Å². The highest BCUT2D eigenvalue weighted by atomic mass is 35.5. The molecule has 3 rings (SSSR count). The Bertz CT molecular complexity index is 1020. The average molecular weight is 399 g/mol. The van der Waals surface area contributed by atoms with Crippen LogP contribution < -0.4 is 14.8 Å². The summed E-state index contributed by atoms with van der Waals surface area (Å²) in [6.45, 7) is 0. The maximum absolute atomic E-state index is 12.6. The van der Waals surface area contributed by atoms with Crippen LogP contribution in [-0.4, -0.2) is 17.9 Å². The van der Waals surface area contributed by atoms with E-state index in [9.17, 15) is 14.9 Å². The molecule has 1 amide bonds. The van der Waals surface area contributed by atoms with Crippen LogP contribution in [0.25, 0.3) is 0 Å². The van der Waals surface area contributed by atoms with Crippen LogP contribution in [0.15, 0.2) is 66.7 Å². The van der Waals surface area contributed by atoms with E-state index in [1.807, 2.05) is 0 Å². The molecule has 0 aliphatic rings. The Morgan fingerprint density at radius 2 is 1.79 bits per heavy atom. The van der Waals surface area contributed by atoms with Gasteiger partial charge in [0.15, 0.2) is 0 Å². The van der Waals surface area contributed by atoms with Crippen LogP contribution in [-0.2, 0) is 0 Å². The van der Waals surface area contributed by atoms with Gasteiger partial charge >= 0.3 is 0 Å². The quantitative estimate of drug-likeness (QED) is 0.449. The maximum Gasteiger partial charge on any atom is 0.269 e. The summed E-state index contributed by atoms with van der Waals surface area (Å²) in [5, 5.41) is 13.9. The van der Waals surface area contributed by atoms with Gasteiger partial charge in [0, 0.05) is 22.7 Å². The minimum Gasteiger partial charge on any atom is -0.495 e. The SMILES string of the molecule is COc1ccc(Cl)cc1NC(=O)c1cccc(Oc2ccc([N+](=O)[O-])cc2)c1. The van der Waals surface area contributed by atoms with E-state index in [4.69, 9.17) is 21.1 Å². The van der Waals surface area contributed by atoms with Crippen molar-refractivity contribution in [2.45, 2.75) is 0 Å². The monoisotopic (exact) mass is 398 g/mol. The zero-order valence-corrected chi connectivity index (χ0v) is 15.5. The first kappa shape index (κ1) is 19.2. The zero-order chi connectivity index (χ0) is 20.1. The Morgan fingerprint density at radius 3 is 2.46 bits per heavy atom. The number of ether oxygens (including phenoxy) is 2. The third-order valence-corrected chi connectivity index (χ3v) is 4.02. The molecule has 0 radical (unpaired) electrons. The van der Waals surface area contributed by atoms with E-state index in [0.29, 0.717) is 33.5 Å². The third kappa shape index (κ3) is 4.57. The van der Waals surface area contributed by atoms with Crippen molar-refractivity contribution in [2.24, 2.45) is 0 Å². The smallest absolute Gasteiger partial charge is 0.269 e. The summed E-state index contributed by atoms with van der Waals surface area (Å²) in [6.07, 6.45) is 0. The van der Waals surface area contributed by atoms with E-state index in [0.717, 1.165) is 0 Å². The van der Waals surface area contributed by atoms with Gasteiger partial charge in [-0.15, -0.1) is 0 Å². The summed E-state index contributed by atoms with van der Waals surface area (Å²) in [6, 6.07) is 17.1. The fourth-order valence-electron chi connectivity index (χ4n) is 2.45. The first-order valence-electron chi connectivity index (χ1n) is 8.13. The molecule has 0 aliphatic heterocycles. The minimum absolute atomic E-state index is 0.0315. The Morgan fingerprint density at radius 1 is 1.04 bits per heavy atom. The number of amides is 1. The number of carbonyl (C=O) groups excluding carboxylic acids is 1. The van der Waals surface area contributed by atoms with Gasteiger partial charge in [0.2, 0.25) is 0 Å². The molecule has 7 nitrogen and oxygen atoms in total. The molecule has 0 saturated carbocycles. The lowest BCUT2D eigenvalue weighted by atomic mass is 10.2. The van der Waals surface area contributed by atoms with Gasteiger partial charge in [0.1, 0.15) is 17.2 Å². The summed E-state index contributed by atoms with van der Waals surface area (Å²) in [7, 11) is 1.50. The molecule has 142 valence electrons. The van der Waals surface area contributed by atoms with Crippen LogP contribution in [0.2, 0.25) is 5.02 Å². The number of nitro benzene ring substituents is 1. The maximum atomic E-state index is 12.6. The summed E-state index contributed by atoms with van der Waals surface area (Å²) in [5.74, 6) is 0.949. The molecule has 0 fully saturated rings. The van der Waals surface area contributed by atoms with E-state index in [1.165, 1.54) is 31.4 Å². The minimum atomic E-state index is -0.487. The number of nitrogens with one attached hydrogen (secondary N) is 1. The molecule has 0 atom stereocenters. The number of benzene rings is 3. The molecule has 8 heteroatoms. The van der Waals surface area contributed by atoms with Crippen molar-refractivity contribution >= 4 is 28.9 Å². The number of nitro groups is 1. The largest absolute Gasteiger partial charge is 0.495 e. The van der Waals surface area contributed by atoms with Gasteiger partial charge in [0.05, 0.1) is 17.7 Å². The second-order valence-corrected chi connectivity index (χ2v) is 6.12. The molecule has 28 heavy (non-hydrogen) atoms. The van der Waals surface area contributed by atoms with Crippen LogP contribution in [0.1, 0.15) is 10.4 Å². The van der Waals surface area contributed by atoms with Gasteiger partial charge in [-0.25, -0.2) is 0 Å². The second kappa shape index (κ2) is 8.41. The number of carbonyl (C=O) groups is 1. The average Bonchev–Trinajstić information content (AvgIpc) is 2.69. The molecule has 0 saturated heterocycles. The predicted molar refractivity (Wildman–Crippen MR) is 106 cm³/mol. The number of nitrogens with zero attached hydrogens (tertiary/aromatic N) is 1. The van der Waals surface area contributed by atoms with Crippen molar-refractivity contribution < 1.29 is 19.2 Å². The highest BCUT2D eigenvalue weighted by Gasteiger charge is 2.12. The first-order valence-corrected chi connectivity index (χ1v) is 8.51. The lowest BCUT2D eigenvalue weighted by Crippen LogP contribution is -2.12. The third-order valence-electron chi connectivity index (χ3n) is 3.79. The highest BCUT2D eigenvalue weighted by Crippen LogP contribution is 2.29. The molecule has 3 aromatic carbocycles. The van der Waals surface area contributed by atoms with E-state index in [1.54, 1.807) is 42.5 Å². The van der Waals surface area contributed by atoms with Crippen LogP contribution in [0.3, 0.4) is 0 Å². The standard InChI is InChI=1S/C20H15ClN2O5/c1-27-19-10-5-14(21)12-18(19)22-20(24)13-3-2-4-17(11-13)28-16-8-6-15(7-9-16)23(25)26/h2-12H,1H3,(H,22,24). The number of anilines is 1. The fourth-order valence-corrected chi connectivity index (χ4v) is 2.62. The summed E-state index contributed by atoms with van der Waals surface area (Å²) in [5.41, 5.74) is 0.777. The second-order valence-electron chi connectivity index (χ2n) is 5.68. The fraction of sp³-hybridized carbons (Fsp3) is 0.0500. The molecule has 0 bridgehead atoms. The Labute approximate surface area is 165 Å². The Kier molecular flexibility index (Phi) is 5.76. The molecule has 1 N–H and O–H groups in total. The van der Waals surface area contributed by atoms with Crippen molar-refractivity contribution in [2.75, 3.05) is 12.4 Å². The number of hydrogen-bond acceptors (Lipinski definition) is 5. The molecule has 0 unspecified atom stereocenters. The topological polar surface area (TPSA) is 90.7 Å². The molecule has 0 aromatic heterocycles. The number of methoxy groups -OCH3 is 1. The van der Waals surface area contributed by atoms with Crippen molar-refractivity contribution in [3.8, 4) is 17.2 Å². The molecular weight excluding hydrogens is 384 g/mol. The normalized spacial score (nSPS) is 10.2. The van der Waals surface area contributed by atoms with Gasteiger partial charge in [-0.2, -0.15) is 0 Å². The summed E-state index contributed by atoms with van der Waals surface area (Å²) >= 11 is 5.98. The number of hydrogen-bond donors (Lipinski definition) is 1. The Balaban J connectivity index is 1.76. The summed E-state index contributed by atoms with van der Waals surface area (Å²) in [4.78, 5) is 22.8. The first-order chi connectivity index (χ1) is 13.5. The van der Waals surface area contributed by atoms with Gasteiger partial charge < -0.3 is 14.8 Å². The van der Waals surface area contributed by atoms with Gasteiger partial charge in [-0.3, -0.25) is 14.9 Å². The lowest BCUT2D eigenvalue weighted by molar-refractivity contribution is -0.384. The molecule has 0 aliphatic carbocycles. The molecule has 0 heterocycles. The van der Waals surface area contributed by atoms with Crippen molar-refractivity contribution in [1.82, 2.24) is 0 Å². The highest BCUT2D eigenvalue weighted by molar-refractivity contribution is 6.31. The number of rotatable bonds is 6. The Hall–Kier alpha value is -3.58. The number of halogens is 1. The lowest BCUT2D eigenvalue weighted by Gasteiger charge is -2.11. The molecule has 3 aromatic rings. The molecular formula is C20H15ClN2O5. The van der Waals surface area contributed by atoms with Crippen LogP contribution in [0, 0.1) is 10.1 Å². The van der Waals surface area contributed by atoms with Crippen molar-refractivity contribution in [3.05, 3.63) is 87.4 Å². The molecule has 0 spiro atoms. The van der Waals surface area contributed by atoms with Crippen molar-refractivity contribution in [1.29, 1.82) is 0 Å². The predicted octanol–water partition coefficient (Wildman–Crippen LogP) is 5.30. The summed E-state index contributed by atoms with van der Waals surface area (Å²) < 4.78 is 10.9.